The topological polar surface area (TPSA) is 35.3 Å². The quantitative estimate of drug-likeness (QED) is 0.312. The summed E-state index contributed by atoms with van der Waals surface area (Å²) in [4.78, 5) is 2.29. The summed E-state index contributed by atoms with van der Waals surface area (Å²) in [6.45, 7) is 6.92. The molecule has 0 fully saturated rings. The van der Waals surface area contributed by atoms with E-state index in [1.54, 1.807) is 0 Å². The van der Waals surface area contributed by atoms with Gasteiger partial charge in [0.15, 0.2) is 0 Å². The SMILES string of the molecule is CI(c1ccc(OCc2cccc(Cl)c2)cc1)c1cc(C(C)(C)C)on1. The minimum absolute atomic E-state index is 0.0136. The molecule has 3 nitrogen and oxygen atoms in total. The van der Waals surface area contributed by atoms with E-state index in [0.29, 0.717) is 6.61 Å². The molecule has 0 radical (unpaired) electrons. The first-order chi connectivity index (χ1) is 12.3. The van der Waals surface area contributed by atoms with E-state index in [9.17, 15) is 0 Å². The zero-order valence-electron chi connectivity index (χ0n) is 15.4. The average molecular weight is 484 g/mol. The van der Waals surface area contributed by atoms with Crippen molar-refractivity contribution in [3.63, 3.8) is 0 Å². The van der Waals surface area contributed by atoms with E-state index in [1.807, 2.05) is 36.4 Å². The van der Waals surface area contributed by atoms with Crippen molar-refractivity contribution in [3.8, 4) is 5.75 Å². The number of hydrogen-bond acceptors (Lipinski definition) is 3. The van der Waals surface area contributed by atoms with Gasteiger partial charge in [-0.3, -0.25) is 0 Å². The molecule has 0 N–H and O–H groups in total. The first kappa shape index (κ1) is 19.2. The Morgan fingerprint density at radius 1 is 1.08 bits per heavy atom. The molecule has 1 aromatic heterocycles. The monoisotopic (exact) mass is 483 g/mol. The van der Waals surface area contributed by atoms with Gasteiger partial charge in [-0.1, -0.05) is 0 Å². The molecule has 26 heavy (non-hydrogen) atoms. The third-order valence-electron chi connectivity index (χ3n) is 3.95. The number of ether oxygens (including phenoxy) is 1. The Labute approximate surface area is 167 Å². The Bertz CT molecular complexity index is 868. The number of benzene rings is 2. The van der Waals surface area contributed by atoms with E-state index in [2.05, 4.69) is 49.1 Å². The molecule has 0 unspecified atom stereocenters. The van der Waals surface area contributed by atoms with Crippen LogP contribution in [-0.2, 0) is 12.0 Å². The Morgan fingerprint density at radius 3 is 2.42 bits per heavy atom. The van der Waals surface area contributed by atoms with E-state index >= 15 is 0 Å². The molecule has 0 amide bonds. The molecule has 3 aromatic rings. The Hall–Kier alpha value is -1.53. The van der Waals surface area contributed by atoms with Gasteiger partial charge in [-0.25, -0.2) is 0 Å². The average Bonchev–Trinajstić information content (AvgIpc) is 3.10. The van der Waals surface area contributed by atoms with Crippen LogP contribution in [0.4, 0.5) is 0 Å². The van der Waals surface area contributed by atoms with Gasteiger partial charge in [0.1, 0.15) is 0 Å². The van der Waals surface area contributed by atoms with Gasteiger partial charge in [-0.05, 0) is 0 Å². The van der Waals surface area contributed by atoms with Crippen LogP contribution in [-0.4, -0.2) is 10.1 Å². The van der Waals surface area contributed by atoms with Crippen LogP contribution < -0.4 is 4.74 Å². The van der Waals surface area contributed by atoms with Gasteiger partial charge >= 0.3 is 168 Å². The second-order valence-electron chi connectivity index (χ2n) is 7.11. The van der Waals surface area contributed by atoms with E-state index < -0.39 is 19.8 Å². The molecule has 0 saturated carbocycles. The van der Waals surface area contributed by atoms with Crippen LogP contribution in [0.5, 0.6) is 5.75 Å². The molecule has 0 aliphatic rings. The van der Waals surface area contributed by atoms with Crippen molar-refractivity contribution in [2.75, 3.05) is 4.93 Å². The van der Waals surface area contributed by atoms with Crippen LogP contribution >= 0.6 is 31.4 Å². The van der Waals surface area contributed by atoms with Crippen LogP contribution in [0.2, 0.25) is 5.02 Å². The summed E-state index contributed by atoms with van der Waals surface area (Å²) in [5, 5.41) is 5.04. The Kier molecular flexibility index (Phi) is 5.92. The van der Waals surface area contributed by atoms with Crippen molar-refractivity contribution in [1.82, 2.24) is 5.16 Å². The number of alkyl halides is 1. The fourth-order valence-corrected chi connectivity index (χ4v) is 5.80. The van der Waals surface area contributed by atoms with Crippen LogP contribution in [0.1, 0.15) is 32.1 Å². The summed E-state index contributed by atoms with van der Waals surface area (Å²) < 4.78 is 13.8. The minimum atomic E-state index is -1.55. The van der Waals surface area contributed by atoms with E-state index in [0.717, 1.165) is 25.8 Å². The molecular weight excluding hydrogens is 461 g/mol. The van der Waals surface area contributed by atoms with Crippen LogP contribution in [0.3, 0.4) is 0 Å². The third-order valence-corrected chi connectivity index (χ3v) is 8.94. The fraction of sp³-hybridized carbons (Fsp3) is 0.286. The Morgan fingerprint density at radius 2 is 1.81 bits per heavy atom. The number of rotatable bonds is 5. The predicted octanol–water partition coefficient (Wildman–Crippen LogP) is 6.38. The van der Waals surface area contributed by atoms with Crippen molar-refractivity contribution >= 4 is 31.4 Å². The summed E-state index contributed by atoms with van der Waals surface area (Å²) in [6, 6.07) is 18.2. The zero-order valence-corrected chi connectivity index (χ0v) is 18.3. The number of hydrogen-bond donors (Lipinski definition) is 0. The van der Waals surface area contributed by atoms with Gasteiger partial charge in [0.25, 0.3) is 0 Å². The molecule has 3 rings (SSSR count). The summed E-state index contributed by atoms with van der Waals surface area (Å²) in [5.41, 5.74) is 1.04. The fourth-order valence-electron chi connectivity index (χ4n) is 2.37. The van der Waals surface area contributed by atoms with Gasteiger partial charge in [-0.2, -0.15) is 0 Å². The van der Waals surface area contributed by atoms with Crippen molar-refractivity contribution in [1.29, 1.82) is 0 Å². The van der Waals surface area contributed by atoms with Gasteiger partial charge in [0, 0.05) is 0 Å². The van der Waals surface area contributed by atoms with Crippen LogP contribution in [0, 0.1) is 7.27 Å². The van der Waals surface area contributed by atoms with Gasteiger partial charge < -0.3 is 0 Å². The Balaban J connectivity index is 1.66. The first-order valence-electron chi connectivity index (χ1n) is 8.37. The molecule has 2 aromatic carbocycles. The van der Waals surface area contributed by atoms with Crippen LogP contribution in [0.15, 0.2) is 59.1 Å². The molecule has 1 heterocycles. The summed E-state index contributed by atoms with van der Waals surface area (Å²) in [5.74, 6) is 1.80. The molecule has 0 aliphatic carbocycles. The van der Waals surface area contributed by atoms with E-state index in [-0.39, 0.29) is 5.41 Å². The third kappa shape index (κ3) is 4.80. The molecule has 0 bridgehead atoms. The number of halogens is 2. The molecule has 5 heteroatoms. The normalized spacial score (nSPS) is 12.1. The van der Waals surface area contributed by atoms with E-state index in [1.165, 1.54) is 3.57 Å². The summed E-state index contributed by atoms with van der Waals surface area (Å²) >= 11 is 4.46. The number of nitrogens with zero attached hydrogens (tertiary/aromatic N) is 1. The van der Waals surface area contributed by atoms with Crippen molar-refractivity contribution < 1.29 is 9.26 Å². The van der Waals surface area contributed by atoms with E-state index in [4.69, 9.17) is 20.9 Å². The standard InChI is InChI=1S/C21H23ClINO2/c1-21(2,3)19-13-20(24-26-19)23(4)17-8-10-18(11-9-17)25-14-15-6-5-7-16(22)12-15/h5-13H,14H2,1-4H3. The first-order valence-corrected chi connectivity index (χ1v) is 13.1. The molecule has 0 atom stereocenters. The van der Waals surface area contributed by atoms with Crippen molar-refractivity contribution in [2.45, 2.75) is 32.8 Å². The predicted molar refractivity (Wildman–Crippen MR) is 115 cm³/mol. The molecular formula is C21H23ClINO2. The molecule has 0 saturated heterocycles. The van der Waals surface area contributed by atoms with Crippen molar-refractivity contribution in [3.05, 3.63) is 78.2 Å². The maximum absolute atomic E-state index is 6.01. The van der Waals surface area contributed by atoms with Crippen molar-refractivity contribution in [2.24, 2.45) is 0 Å². The molecule has 0 spiro atoms. The van der Waals surface area contributed by atoms with Gasteiger partial charge in [0.05, 0.1) is 0 Å². The zero-order chi connectivity index (χ0) is 18.7. The molecule has 0 aliphatic heterocycles. The maximum atomic E-state index is 6.01. The number of aromatic nitrogens is 1. The summed E-state index contributed by atoms with van der Waals surface area (Å²) in [6.07, 6.45) is 0. The van der Waals surface area contributed by atoms with Gasteiger partial charge in [-0.15, -0.1) is 0 Å². The van der Waals surface area contributed by atoms with Gasteiger partial charge in [0.2, 0.25) is 0 Å². The van der Waals surface area contributed by atoms with Crippen LogP contribution in [0.25, 0.3) is 0 Å². The molecule has 138 valence electrons. The second kappa shape index (κ2) is 8.01. The summed E-state index contributed by atoms with van der Waals surface area (Å²) in [7, 11) is 0. The second-order valence-corrected chi connectivity index (χ2v) is 12.6.